The summed E-state index contributed by atoms with van der Waals surface area (Å²) in [4.78, 5) is 25.6. The number of likely N-dealkylation sites (tertiary alicyclic amines) is 1. The van der Waals surface area contributed by atoms with E-state index in [2.05, 4.69) is 5.32 Å². The molecule has 0 saturated carbocycles. The Balaban J connectivity index is 2.04. The van der Waals surface area contributed by atoms with Crippen LogP contribution in [0.25, 0.3) is 0 Å². The summed E-state index contributed by atoms with van der Waals surface area (Å²) in [5.41, 5.74) is 0.355. The number of carbonyl (C=O) groups excluding carboxylic acids is 2. The second-order valence-corrected chi connectivity index (χ2v) is 5.56. The molecule has 0 bridgehead atoms. The Hall–Kier alpha value is -1.62. The van der Waals surface area contributed by atoms with Crippen LogP contribution in [0.2, 0.25) is 5.02 Å². The molecular formula is C14H16ClFN2O2. The molecule has 0 aromatic heterocycles. The lowest BCUT2D eigenvalue weighted by atomic mass is 10.1. The molecule has 1 saturated heterocycles. The Bertz CT molecular complexity index is 548. The van der Waals surface area contributed by atoms with E-state index in [4.69, 9.17) is 11.6 Å². The smallest absolute Gasteiger partial charge is 0.229 e. The van der Waals surface area contributed by atoms with Gasteiger partial charge < -0.3 is 10.2 Å². The number of nitrogens with one attached hydrogen (secondary N) is 1. The number of halogens is 2. The highest BCUT2D eigenvalue weighted by molar-refractivity contribution is 6.33. The number of hydrogen-bond acceptors (Lipinski definition) is 2. The first-order chi connectivity index (χ1) is 9.38. The SMILES string of the molecule is CC(C)N1C[C@@H](C(=O)Nc2ccc(F)cc2Cl)CC1=O. The monoisotopic (exact) mass is 298 g/mol. The summed E-state index contributed by atoms with van der Waals surface area (Å²) in [5, 5.41) is 2.78. The second-order valence-electron chi connectivity index (χ2n) is 5.15. The number of rotatable bonds is 3. The van der Waals surface area contributed by atoms with Crippen molar-refractivity contribution in [1.82, 2.24) is 4.90 Å². The van der Waals surface area contributed by atoms with Crippen molar-refractivity contribution in [2.75, 3.05) is 11.9 Å². The van der Waals surface area contributed by atoms with Crippen molar-refractivity contribution in [3.05, 3.63) is 29.0 Å². The fourth-order valence-electron chi connectivity index (χ4n) is 2.23. The minimum Gasteiger partial charge on any atom is -0.339 e. The Kier molecular flexibility index (Phi) is 4.28. The molecule has 6 heteroatoms. The highest BCUT2D eigenvalue weighted by Crippen LogP contribution is 2.25. The van der Waals surface area contributed by atoms with E-state index in [9.17, 15) is 14.0 Å². The maximum Gasteiger partial charge on any atom is 0.229 e. The molecule has 0 aliphatic carbocycles. The number of benzene rings is 1. The van der Waals surface area contributed by atoms with E-state index < -0.39 is 11.7 Å². The molecule has 0 spiro atoms. The molecule has 1 aliphatic heterocycles. The van der Waals surface area contributed by atoms with Gasteiger partial charge in [-0.2, -0.15) is 0 Å². The number of anilines is 1. The first-order valence-electron chi connectivity index (χ1n) is 6.44. The summed E-state index contributed by atoms with van der Waals surface area (Å²) in [6.45, 7) is 4.23. The average Bonchev–Trinajstić information content (AvgIpc) is 2.75. The summed E-state index contributed by atoms with van der Waals surface area (Å²) in [6.07, 6.45) is 0.197. The van der Waals surface area contributed by atoms with E-state index in [1.54, 1.807) is 4.90 Å². The van der Waals surface area contributed by atoms with Crippen LogP contribution in [0.3, 0.4) is 0 Å². The first kappa shape index (κ1) is 14.8. The van der Waals surface area contributed by atoms with Gasteiger partial charge in [-0.1, -0.05) is 11.6 Å². The standard InChI is InChI=1S/C14H16ClFN2O2/c1-8(2)18-7-9(5-13(18)19)14(20)17-12-4-3-10(16)6-11(12)15/h3-4,6,8-9H,5,7H2,1-2H3,(H,17,20)/t9-/m0/s1. The Morgan fingerprint density at radius 3 is 2.75 bits per heavy atom. The Morgan fingerprint density at radius 2 is 2.20 bits per heavy atom. The summed E-state index contributed by atoms with van der Waals surface area (Å²) in [6, 6.07) is 3.85. The van der Waals surface area contributed by atoms with Gasteiger partial charge in [0.15, 0.2) is 0 Å². The van der Waals surface area contributed by atoms with Gasteiger partial charge in [-0.15, -0.1) is 0 Å². The zero-order chi connectivity index (χ0) is 14.9. The van der Waals surface area contributed by atoms with Gasteiger partial charge in [-0.25, -0.2) is 4.39 Å². The number of hydrogen-bond donors (Lipinski definition) is 1. The third-order valence-electron chi connectivity index (χ3n) is 3.34. The van der Waals surface area contributed by atoms with Gasteiger partial charge in [0.1, 0.15) is 5.82 Å². The lowest BCUT2D eigenvalue weighted by Crippen LogP contribution is -2.33. The van der Waals surface area contributed by atoms with Crippen LogP contribution in [-0.4, -0.2) is 29.3 Å². The van der Waals surface area contributed by atoms with Gasteiger partial charge in [0.25, 0.3) is 0 Å². The third-order valence-corrected chi connectivity index (χ3v) is 3.65. The van der Waals surface area contributed by atoms with Crippen LogP contribution in [0.15, 0.2) is 18.2 Å². The summed E-state index contributed by atoms with van der Waals surface area (Å²) >= 11 is 5.86. The van der Waals surface area contributed by atoms with Crippen molar-refractivity contribution in [1.29, 1.82) is 0 Å². The lowest BCUT2D eigenvalue weighted by molar-refractivity contribution is -0.129. The molecule has 108 valence electrons. The van der Waals surface area contributed by atoms with Crippen LogP contribution in [0.5, 0.6) is 0 Å². The maximum absolute atomic E-state index is 12.9. The predicted molar refractivity (Wildman–Crippen MR) is 75.0 cm³/mol. The van der Waals surface area contributed by atoms with Crippen LogP contribution in [0.1, 0.15) is 20.3 Å². The van der Waals surface area contributed by atoms with Gasteiger partial charge >= 0.3 is 0 Å². The van der Waals surface area contributed by atoms with E-state index in [0.29, 0.717) is 12.2 Å². The van der Waals surface area contributed by atoms with Crippen LogP contribution in [0.4, 0.5) is 10.1 Å². The molecule has 1 fully saturated rings. The van der Waals surface area contributed by atoms with Crippen LogP contribution < -0.4 is 5.32 Å². The largest absolute Gasteiger partial charge is 0.339 e. The van der Waals surface area contributed by atoms with Gasteiger partial charge in [0.2, 0.25) is 11.8 Å². The molecule has 2 amide bonds. The molecule has 4 nitrogen and oxygen atoms in total. The minimum atomic E-state index is -0.463. The zero-order valence-electron chi connectivity index (χ0n) is 11.3. The maximum atomic E-state index is 12.9. The van der Waals surface area contributed by atoms with Crippen molar-refractivity contribution in [3.63, 3.8) is 0 Å². The van der Waals surface area contributed by atoms with Crippen LogP contribution in [0, 0.1) is 11.7 Å². The van der Waals surface area contributed by atoms with Gasteiger partial charge in [0.05, 0.1) is 16.6 Å². The Labute approximate surface area is 121 Å². The number of carbonyl (C=O) groups is 2. The summed E-state index contributed by atoms with van der Waals surface area (Å²) in [7, 11) is 0. The quantitative estimate of drug-likeness (QED) is 0.932. The number of nitrogens with zero attached hydrogens (tertiary/aromatic N) is 1. The van der Waals surface area contributed by atoms with Gasteiger partial charge in [-0.3, -0.25) is 9.59 Å². The topological polar surface area (TPSA) is 49.4 Å². The molecular weight excluding hydrogens is 283 g/mol. The fraction of sp³-hybridized carbons (Fsp3) is 0.429. The van der Waals surface area contributed by atoms with Crippen molar-refractivity contribution in [2.24, 2.45) is 5.92 Å². The molecule has 1 atom stereocenters. The van der Waals surface area contributed by atoms with Crippen molar-refractivity contribution >= 4 is 29.1 Å². The molecule has 1 aliphatic rings. The highest BCUT2D eigenvalue weighted by atomic mass is 35.5. The third kappa shape index (κ3) is 3.10. The van der Waals surface area contributed by atoms with Gasteiger partial charge in [-0.05, 0) is 32.0 Å². The zero-order valence-corrected chi connectivity index (χ0v) is 12.1. The summed E-state index contributed by atoms with van der Waals surface area (Å²) in [5.74, 6) is -1.15. The molecule has 20 heavy (non-hydrogen) atoms. The average molecular weight is 299 g/mol. The number of amides is 2. The summed E-state index contributed by atoms with van der Waals surface area (Å²) < 4.78 is 12.9. The highest BCUT2D eigenvalue weighted by Gasteiger charge is 2.35. The molecule has 1 N–H and O–H groups in total. The van der Waals surface area contributed by atoms with E-state index >= 15 is 0 Å². The van der Waals surface area contributed by atoms with E-state index in [-0.39, 0.29) is 29.3 Å². The molecule has 1 aromatic carbocycles. The lowest BCUT2D eigenvalue weighted by Gasteiger charge is -2.20. The Morgan fingerprint density at radius 1 is 1.50 bits per heavy atom. The normalized spacial score (nSPS) is 18.8. The molecule has 0 unspecified atom stereocenters. The van der Waals surface area contributed by atoms with Crippen LogP contribution >= 0.6 is 11.6 Å². The second kappa shape index (κ2) is 5.79. The van der Waals surface area contributed by atoms with E-state index in [1.165, 1.54) is 12.1 Å². The fourth-order valence-corrected chi connectivity index (χ4v) is 2.45. The van der Waals surface area contributed by atoms with Crippen molar-refractivity contribution in [3.8, 4) is 0 Å². The van der Waals surface area contributed by atoms with E-state index in [1.807, 2.05) is 13.8 Å². The molecule has 1 aromatic rings. The van der Waals surface area contributed by atoms with Crippen LogP contribution in [-0.2, 0) is 9.59 Å². The van der Waals surface area contributed by atoms with Crippen molar-refractivity contribution in [2.45, 2.75) is 26.3 Å². The van der Waals surface area contributed by atoms with Crippen molar-refractivity contribution < 1.29 is 14.0 Å². The first-order valence-corrected chi connectivity index (χ1v) is 6.81. The molecule has 0 radical (unpaired) electrons. The van der Waals surface area contributed by atoms with E-state index in [0.717, 1.165) is 6.07 Å². The predicted octanol–water partition coefficient (Wildman–Crippen LogP) is 2.67. The minimum absolute atomic E-state index is 0.0228. The molecule has 1 heterocycles. The van der Waals surface area contributed by atoms with Gasteiger partial charge in [0, 0.05) is 19.0 Å². The molecule has 2 rings (SSSR count).